The summed E-state index contributed by atoms with van der Waals surface area (Å²) in [6.45, 7) is 3.34. The highest BCUT2D eigenvalue weighted by Gasteiger charge is 2.35. The molecule has 2 amide bonds. The molecule has 4 rings (SSSR count). The normalized spacial score (nSPS) is 22.1. The number of aryl methyl sites for hydroxylation is 1. The lowest BCUT2D eigenvalue weighted by molar-refractivity contribution is -0.136. The highest BCUT2D eigenvalue weighted by molar-refractivity contribution is 5.92. The molecule has 2 aromatic rings. The average molecular weight is 408 g/mol. The topological polar surface area (TPSA) is 86.4 Å². The van der Waals surface area contributed by atoms with Gasteiger partial charge in [0.25, 0.3) is 0 Å². The molecule has 2 saturated heterocycles. The number of carbonyl (C=O) groups is 2. The molecular formula is C23H29N5O2. The molecule has 2 aliphatic heterocycles. The van der Waals surface area contributed by atoms with Gasteiger partial charge in [0.15, 0.2) is 0 Å². The van der Waals surface area contributed by atoms with Gasteiger partial charge in [0.2, 0.25) is 11.8 Å². The minimum Gasteiger partial charge on any atom is -0.341 e. The van der Waals surface area contributed by atoms with Crippen LogP contribution in [0.5, 0.6) is 0 Å². The monoisotopic (exact) mass is 407 g/mol. The minimum absolute atomic E-state index is 0.0461. The summed E-state index contributed by atoms with van der Waals surface area (Å²) in [5.41, 5.74) is 9.56. The molecule has 7 nitrogen and oxygen atoms in total. The molecule has 1 aromatic carbocycles. The van der Waals surface area contributed by atoms with Gasteiger partial charge in [0, 0.05) is 43.1 Å². The zero-order valence-corrected chi connectivity index (χ0v) is 17.3. The van der Waals surface area contributed by atoms with Crippen LogP contribution < -0.4 is 16.2 Å². The molecule has 0 radical (unpaired) electrons. The van der Waals surface area contributed by atoms with E-state index < -0.39 is 0 Å². The molecule has 7 heteroatoms. The summed E-state index contributed by atoms with van der Waals surface area (Å²) in [5, 5.41) is 3.02. The maximum absolute atomic E-state index is 12.9. The van der Waals surface area contributed by atoms with E-state index >= 15 is 0 Å². The van der Waals surface area contributed by atoms with E-state index in [-0.39, 0.29) is 29.8 Å². The van der Waals surface area contributed by atoms with Crippen molar-refractivity contribution in [1.29, 1.82) is 0 Å². The molecule has 2 fully saturated rings. The molecule has 2 unspecified atom stereocenters. The van der Waals surface area contributed by atoms with Crippen LogP contribution in [-0.4, -0.2) is 40.8 Å². The molecule has 0 saturated carbocycles. The first-order valence-electron chi connectivity index (χ1n) is 10.7. The summed E-state index contributed by atoms with van der Waals surface area (Å²) in [4.78, 5) is 31.5. The van der Waals surface area contributed by atoms with Crippen molar-refractivity contribution >= 4 is 17.5 Å². The van der Waals surface area contributed by atoms with Gasteiger partial charge in [-0.1, -0.05) is 19.1 Å². The summed E-state index contributed by atoms with van der Waals surface area (Å²) >= 11 is 0. The quantitative estimate of drug-likeness (QED) is 0.709. The van der Waals surface area contributed by atoms with Crippen molar-refractivity contribution in [2.75, 3.05) is 18.4 Å². The first-order valence-corrected chi connectivity index (χ1v) is 10.7. The number of hydrogen-bond donors (Lipinski definition) is 3. The van der Waals surface area contributed by atoms with Crippen molar-refractivity contribution in [2.24, 2.45) is 5.92 Å². The third-order valence-corrected chi connectivity index (χ3v) is 6.12. The molecule has 0 aliphatic carbocycles. The van der Waals surface area contributed by atoms with Crippen LogP contribution in [0.3, 0.4) is 0 Å². The van der Waals surface area contributed by atoms with E-state index in [4.69, 9.17) is 0 Å². The Balaban J connectivity index is 1.25. The van der Waals surface area contributed by atoms with Crippen LogP contribution in [0.1, 0.15) is 43.4 Å². The molecule has 158 valence electrons. The van der Waals surface area contributed by atoms with Crippen LogP contribution in [-0.2, 0) is 16.0 Å². The van der Waals surface area contributed by atoms with Crippen molar-refractivity contribution in [1.82, 2.24) is 20.7 Å². The fraction of sp³-hybridized carbons (Fsp3) is 0.435. The van der Waals surface area contributed by atoms with Gasteiger partial charge in [-0.3, -0.25) is 14.6 Å². The van der Waals surface area contributed by atoms with Gasteiger partial charge in [-0.15, -0.1) is 0 Å². The number of hydrazine groups is 1. The summed E-state index contributed by atoms with van der Waals surface area (Å²) in [6.07, 6.45) is 6.60. The maximum Gasteiger partial charge on any atom is 0.241 e. The minimum atomic E-state index is -0.245. The number of aromatic nitrogens is 1. The summed E-state index contributed by atoms with van der Waals surface area (Å²) in [7, 11) is 0. The third-order valence-electron chi connectivity index (χ3n) is 6.12. The van der Waals surface area contributed by atoms with Crippen LogP contribution >= 0.6 is 0 Å². The molecule has 2 atom stereocenters. The van der Waals surface area contributed by atoms with Crippen LogP contribution in [0, 0.1) is 5.92 Å². The van der Waals surface area contributed by atoms with Gasteiger partial charge in [-0.2, -0.15) is 0 Å². The predicted octanol–water partition coefficient (Wildman–Crippen LogP) is 2.43. The van der Waals surface area contributed by atoms with Gasteiger partial charge >= 0.3 is 0 Å². The fourth-order valence-corrected chi connectivity index (χ4v) is 4.18. The van der Waals surface area contributed by atoms with Gasteiger partial charge in [0.1, 0.15) is 6.04 Å². The van der Waals surface area contributed by atoms with Crippen LogP contribution in [0.25, 0.3) is 0 Å². The van der Waals surface area contributed by atoms with Crippen LogP contribution in [0.15, 0.2) is 48.8 Å². The summed E-state index contributed by atoms with van der Waals surface area (Å²) in [6, 6.07) is 11.8. The van der Waals surface area contributed by atoms with Gasteiger partial charge in [0.05, 0.1) is 0 Å². The van der Waals surface area contributed by atoms with E-state index in [0.29, 0.717) is 32.4 Å². The van der Waals surface area contributed by atoms with Crippen LogP contribution in [0.4, 0.5) is 5.69 Å². The van der Waals surface area contributed by atoms with Crippen molar-refractivity contribution in [3.8, 4) is 0 Å². The molecule has 3 heterocycles. The van der Waals surface area contributed by atoms with E-state index in [1.165, 1.54) is 5.56 Å². The van der Waals surface area contributed by atoms with Gasteiger partial charge in [-0.25, -0.2) is 10.9 Å². The Morgan fingerprint density at radius 2 is 1.77 bits per heavy atom. The van der Waals surface area contributed by atoms with Gasteiger partial charge < -0.3 is 10.2 Å². The van der Waals surface area contributed by atoms with E-state index in [2.05, 4.69) is 28.1 Å². The number of nitrogens with zero attached hydrogens (tertiary/aromatic N) is 2. The fourth-order valence-electron chi connectivity index (χ4n) is 4.18. The number of likely N-dealkylation sites (tertiary alicyclic amines) is 1. The number of hydrogen-bond acceptors (Lipinski definition) is 5. The van der Waals surface area contributed by atoms with Crippen molar-refractivity contribution in [2.45, 2.75) is 44.7 Å². The number of amides is 2. The van der Waals surface area contributed by atoms with E-state index in [0.717, 1.165) is 17.7 Å². The molecule has 3 N–H and O–H groups in total. The molecule has 0 spiro atoms. The first kappa shape index (κ1) is 20.5. The predicted molar refractivity (Wildman–Crippen MR) is 115 cm³/mol. The lowest BCUT2D eigenvalue weighted by Crippen LogP contribution is -2.49. The number of anilines is 1. The molecule has 0 bridgehead atoms. The molecule has 1 aromatic heterocycles. The SMILES string of the molecule is CCc1ccc(NC(=O)C2CCN(C(=O)C3CC(c4ccncc4)NN3)CC2)cc1. The number of pyridine rings is 1. The Bertz CT molecular complexity index is 863. The van der Waals surface area contributed by atoms with Crippen molar-refractivity contribution < 1.29 is 9.59 Å². The number of carbonyl (C=O) groups excluding carboxylic acids is 2. The molecule has 2 aliphatic rings. The lowest BCUT2D eigenvalue weighted by Gasteiger charge is -2.32. The van der Waals surface area contributed by atoms with Crippen LogP contribution in [0.2, 0.25) is 0 Å². The number of benzene rings is 1. The highest BCUT2D eigenvalue weighted by atomic mass is 16.2. The van der Waals surface area contributed by atoms with E-state index in [1.807, 2.05) is 41.3 Å². The second-order valence-corrected chi connectivity index (χ2v) is 8.05. The zero-order valence-electron chi connectivity index (χ0n) is 17.3. The summed E-state index contributed by atoms with van der Waals surface area (Å²) in [5.74, 6) is 0.0944. The Kier molecular flexibility index (Phi) is 6.40. The third kappa shape index (κ3) is 4.68. The Morgan fingerprint density at radius 1 is 1.07 bits per heavy atom. The Morgan fingerprint density at radius 3 is 2.43 bits per heavy atom. The van der Waals surface area contributed by atoms with Crippen molar-refractivity contribution in [3.05, 3.63) is 59.9 Å². The highest BCUT2D eigenvalue weighted by Crippen LogP contribution is 2.25. The maximum atomic E-state index is 12.9. The Hall–Kier alpha value is -2.77. The number of piperidine rings is 1. The number of nitrogens with one attached hydrogen (secondary N) is 3. The lowest BCUT2D eigenvalue weighted by atomic mass is 9.94. The largest absolute Gasteiger partial charge is 0.341 e. The molecular weight excluding hydrogens is 378 g/mol. The van der Waals surface area contributed by atoms with E-state index in [9.17, 15) is 9.59 Å². The molecule has 30 heavy (non-hydrogen) atoms. The standard InChI is InChI=1S/C23H29N5O2/c1-2-16-3-5-19(6-4-16)25-22(29)18-9-13-28(14-10-18)23(30)21-15-20(26-27-21)17-7-11-24-12-8-17/h3-8,11-12,18,20-21,26-27H,2,9-10,13-15H2,1H3,(H,25,29). The van der Waals surface area contributed by atoms with E-state index in [1.54, 1.807) is 12.4 Å². The average Bonchev–Trinajstić information content (AvgIpc) is 3.30. The smallest absolute Gasteiger partial charge is 0.241 e. The van der Waals surface area contributed by atoms with Crippen molar-refractivity contribution in [3.63, 3.8) is 0 Å². The first-order chi connectivity index (χ1) is 14.6. The van der Waals surface area contributed by atoms with Gasteiger partial charge in [-0.05, 0) is 61.1 Å². The zero-order chi connectivity index (χ0) is 20.9. The summed E-state index contributed by atoms with van der Waals surface area (Å²) < 4.78 is 0. The second kappa shape index (κ2) is 9.36. The number of rotatable bonds is 5. The second-order valence-electron chi connectivity index (χ2n) is 8.05. The Labute approximate surface area is 177 Å².